The molecule has 0 atom stereocenters. The SMILES string of the molecule is C/C=C/C(=O)Oc1ccccc1C(C)=O. The highest BCUT2D eigenvalue weighted by Crippen LogP contribution is 2.18. The summed E-state index contributed by atoms with van der Waals surface area (Å²) in [5, 5.41) is 0. The van der Waals surface area contributed by atoms with Crippen molar-refractivity contribution >= 4 is 11.8 Å². The van der Waals surface area contributed by atoms with Gasteiger partial charge in [-0.15, -0.1) is 0 Å². The molecule has 0 aliphatic heterocycles. The van der Waals surface area contributed by atoms with E-state index < -0.39 is 5.97 Å². The molecule has 3 heteroatoms. The molecule has 0 spiro atoms. The molecule has 0 aromatic heterocycles. The zero-order chi connectivity index (χ0) is 11.3. The van der Waals surface area contributed by atoms with Crippen molar-refractivity contribution in [3.8, 4) is 5.75 Å². The molecule has 1 aromatic carbocycles. The summed E-state index contributed by atoms with van der Waals surface area (Å²) in [4.78, 5) is 22.4. The van der Waals surface area contributed by atoms with Crippen LogP contribution in [-0.2, 0) is 4.79 Å². The number of Topliss-reactive ketones (excluding diaryl/α,β-unsaturated/α-hetero) is 1. The van der Waals surface area contributed by atoms with E-state index in [1.165, 1.54) is 13.0 Å². The zero-order valence-corrected chi connectivity index (χ0v) is 8.69. The predicted molar refractivity (Wildman–Crippen MR) is 56.9 cm³/mol. The Balaban J connectivity index is 2.94. The predicted octanol–water partition coefficient (Wildman–Crippen LogP) is 2.37. The molecule has 3 nitrogen and oxygen atoms in total. The van der Waals surface area contributed by atoms with E-state index >= 15 is 0 Å². The van der Waals surface area contributed by atoms with E-state index in [-0.39, 0.29) is 5.78 Å². The number of ketones is 1. The van der Waals surface area contributed by atoms with Crippen LogP contribution in [0.1, 0.15) is 24.2 Å². The zero-order valence-electron chi connectivity index (χ0n) is 8.69. The van der Waals surface area contributed by atoms with Crippen LogP contribution in [-0.4, -0.2) is 11.8 Å². The van der Waals surface area contributed by atoms with E-state index in [2.05, 4.69) is 0 Å². The normalized spacial score (nSPS) is 10.3. The second-order valence-corrected chi connectivity index (χ2v) is 2.97. The Kier molecular flexibility index (Phi) is 3.80. The lowest BCUT2D eigenvalue weighted by molar-refractivity contribution is -0.129. The van der Waals surface area contributed by atoms with Gasteiger partial charge in [-0.25, -0.2) is 4.79 Å². The van der Waals surface area contributed by atoms with Gasteiger partial charge in [0, 0.05) is 6.08 Å². The van der Waals surface area contributed by atoms with Crippen molar-refractivity contribution in [1.29, 1.82) is 0 Å². The Morgan fingerprint density at radius 2 is 1.93 bits per heavy atom. The van der Waals surface area contributed by atoms with E-state index in [0.717, 1.165) is 0 Å². The quantitative estimate of drug-likeness (QED) is 0.328. The van der Waals surface area contributed by atoms with Crippen LogP contribution in [0.4, 0.5) is 0 Å². The molecule has 0 bridgehead atoms. The van der Waals surface area contributed by atoms with E-state index in [9.17, 15) is 9.59 Å². The smallest absolute Gasteiger partial charge is 0.335 e. The molecule has 0 saturated heterocycles. The number of hydrogen-bond donors (Lipinski definition) is 0. The third kappa shape index (κ3) is 3.06. The minimum atomic E-state index is -0.480. The van der Waals surface area contributed by atoms with Gasteiger partial charge in [0.1, 0.15) is 5.75 Å². The van der Waals surface area contributed by atoms with Crippen LogP contribution in [0.5, 0.6) is 5.75 Å². The molecule has 0 radical (unpaired) electrons. The number of rotatable bonds is 3. The van der Waals surface area contributed by atoms with Gasteiger partial charge in [0.15, 0.2) is 5.78 Å². The maximum Gasteiger partial charge on any atom is 0.335 e. The summed E-state index contributed by atoms with van der Waals surface area (Å²) in [6.45, 7) is 3.15. The number of carbonyl (C=O) groups is 2. The molecule has 15 heavy (non-hydrogen) atoms. The molecular weight excluding hydrogens is 192 g/mol. The Hall–Kier alpha value is -1.90. The van der Waals surface area contributed by atoms with Crippen molar-refractivity contribution in [1.82, 2.24) is 0 Å². The van der Waals surface area contributed by atoms with Crippen LogP contribution in [0.25, 0.3) is 0 Å². The van der Waals surface area contributed by atoms with Crippen molar-refractivity contribution in [2.24, 2.45) is 0 Å². The minimum absolute atomic E-state index is 0.126. The van der Waals surface area contributed by atoms with Crippen LogP contribution < -0.4 is 4.74 Å². The van der Waals surface area contributed by atoms with Gasteiger partial charge in [0.2, 0.25) is 0 Å². The summed E-state index contributed by atoms with van der Waals surface area (Å²) in [7, 11) is 0. The molecule has 1 aromatic rings. The summed E-state index contributed by atoms with van der Waals surface area (Å²) in [6, 6.07) is 6.66. The average molecular weight is 204 g/mol. The Labute approximate surface area is 88.4 Å². The van der Waals surface area contributed by atoms with E-state index in [1.807, 2.05) is 0 Å². The number of carbonyl (C=O) groups excluding carboxylic acids is 2. The first-order valence-corrected chi connectivity index (χ1v) is 4.59. The topological polar surface area (TPSA) is 43.4 Å². The first-order valence-electron chi connectivity index (χ1n) is 4.59. The van der Waals surface area contributed by atoms with Crippen molar-refractivity contribution in [3.05, 3.63) is 42.0 Å². The van der Waals surface area contributed by atoms with Crippen molar-refractivity contribution in [3.63, 3.8) is 0 Å². The van der Waals surface area contributed by atoms with Gasteiger partial charge >= 0.3 is 5.97 Å². The largest absolute Gasteiger partial charge is 0.423 e. The summed E-state index contributed by atoms with van der Waals surface area (Å²) in [6.07, 6.45) is 2.88. The Morgan fingerprint density at radius 3 is 2.53 bits per heavy atom. The molecule has 0 saturated carbocycles. The molecule has 0 N–H and O–H groups in total. The summed E-state index contributed by atoms with van der Waals surface area (Å²) >= 11 is 0. The van der Waals surface area contributed by atoms with Gasteiger partial charge in [0.25, 0.3) is 0 Å². The van der Waals surface area contributed by atoms with Gasteiger partial charge in [0.05, 0.1) is 5.56 Å². The molecule has 0 aliphatic rings. The van der Waals surface area contributed by atoms with Gasteiger partial charge in [-0.05, 0) is 26.0 Å². The molecule has 0 unspecified atom stereocenters. The van der Waals surface area contributed by atoms with Crippen LogP contribution in [0.2, 0.25) is 0 Å². The highest BCUT2D eigenvalue weighted by Gasteiger charge is 2.09. The third-order valence-electron chi connectivity index (χ3n) is 1.78. The molecule has 0 heterocycles. The molecular formula is C12H12O3. The van der Waals surface area contributed by atoms with Crippen LogP contribution in [0, 0.1) is 0 Å². The number of esters is 1. The van der Waals surface area contributed by atoms with Crippen LogP contribution in [0.3, 0.4) is 0 Å². The fraction of sp³-hybridized carbons (Fsp3) is 0.167. The highest BCUT2D eigenvalue weighted by atomic mass is 16.5. The van der Waals surface area contributed by atoms with Gasteiger partial charge in [-0.1, -0.05) is 18.2 Å². The summed E-state index contributed by atoms with van der Waals surface area (Å²) in [5.41, 5.74) is 0.412. The van der Waals surface area contributed by atoms with Crippen molar-refractivity contribution in [2.45, 2.75) is 13.8 Å². The Morgan fingerprint density at radius 1 is 1.27 bits per heavy atom. The monoisotopic (exact) mass is 204 g/mol. The van der Waals surface area contributed by atoms with Crippen molar-refractivity contribution in [2.75, 3.05) is 0 Å². The second kappa shape index (κ2) is 5.10. The number of ether oxygens (including phenoxy) is 1. The maximum atomic E-state index is 11.2. The molecule has 78 valence electrons. The number of hydrogen-bond acceptors (Lipinski definition) is 3. The molecule has 0 amide bonds. The van der Waals surface area contributed by atoms with E-state index in [0.29, 0.717) is 11.3 Å². The minimum Gasteiger partial charge on any atom is -0.423 e. The Bertz CT molecular complexity index is 405. The summed E-state index contributed by atoms with van der Waals surface area (Å²) < 4.78 is 5.00. The molecule has 1 rings (SSSR count). The number of allylic oxidation sites excluding steroid dienone is 1. The molecule has 0 fully saturated rings. The first-order chi connectivity index (χ1) is 7.15. The van der Waals surface area contributed by atoms with Crippen LogP contribution in [0.15, 0.2) is 36.4 Å². The van der Waals surface area contributed by atoms with Crippen LogP contribution >= 0.6 is 0 Å². The number of para-hydroxylation sites is 1. The van der Waals surface area contributed by atoms with Gasteiger partial charge in [-0.2, -0.15) is 0 Å². The first kappa shape index (κ1) is 11.2. The lowest BCUT2D eigenvalue weighted by atomic mass is 10.1. The van der Waals surface area contributed by atoms with Gasteiger partial charge in [-0.3, -0.25) is 4.79 Å². The third-order valence-corrected chi connectivity index (χ3v) is 1.78. The van der Waals surface area contributed by atoms with E-state index in [4.69, 9.17) is 4.74 Å². The lowest BCUT2D eigenvalue weighted by Crippen LogP contribution is -2.07. The van der Waals surface area contributed by atoms with E-state index in [1.54, 1.807) is 37.3 Å². The maximum absolute atomic E-state index is 11.2. The van der Waals surface area contributed by atoms with Gasteiger partial charge < -0.3 is 4.74 Å². The summed E-state index contributed by atoms with van der Waals surface area (Å²) in [5.74, 6) is -0.307. The second-order valence-electron chi connectivity index (χ2n) is 2.97. The fourth-order valence-corrected chi connectivity index (χ4v) is 1.12. The molecule has 0 aliphatic carbocycles. The number of benzene rings is 1. The average Bonchev–Trinajstić information content (AvgIpc) is 2.18. The standard InChI is InChI=1S/C12H12O3/c1-3-6-12(14)15-11-8-5-4-7-10(11)9(2)13/h3-8H,1-2H3/b6-3+. The fourth-order valence-electron chi connectivity index (χ4n) is 1.12. The lowest BCUT2D eigenvalue weighted by Gasteiger charge is -2.05. The van der Waals surface area contributed by atoms with Crippen molar-refractivity contribution < 1.29 is 14.3 Å². The highest BCUT2D eigenvalue weighted by molar-refractivity contribution is 5.98.